The van der Waals surface area contributed by atoms with Gasteiger partial charge in [0.15, 0.2) is 0 Å². The van der Waals surface area contributed by atoms with E-state index in [2.05, 4.69) is 17.6 Å². The Morgan fingerprint density at radius 2 is 1.86 bits per heavy atom. The van der Waals surface area contributed by atoms with E-state index in [0.717, 1.165) is 5.56 Å². The van der Waals surface area contributed by atoms with E-state index >= 15 is 0 Å². The molecule has 6 heteroatoms. The molecule has 0 aliphatic heterocycles. The molecule has 0 saturated heterocycles. The van der Waals surface area contributed by atoms with Gasteiger partial charge in [-0.15, -0.1) is 12.6 Å². The zero-order valence-corrected chi connectivity index (χ0v) is 12.1. The van der Waals surface area contributed by atoms with E-state index in [-0.39, 0.29) is 35.1 Å². The maximum atomic E-state index is 12.5. The molecule has 0 radical (unpaired) electrons. The SMILES string of the molecule is O=c1c2c(Cl)c(S)ccc2ncn1Cc1ccccc1.[NaH]. The van der Waals surface area contributed by atoms with Crippen molar-refractivity contribution in [3.05, 3.63) is 69.7 Å². The predicted octanol–water partition coefficient (Wildman–Crippen LogP) is 2.74. The molecule has 0 amide bonds. The second-order valence-electron chi connectivity index (χ2n) is 4.46. The fourth-order valence-corrected chi connectivity index (χ4v) is 2.51. The Kier molecular flexibility index (Phi) is 5.52. The van der Waals surface area contributed by atoms with Crippen LogP contribution in [0.15, 0.2) is 58.5 Å². The zero-order chi connectivity index (χ0) is 14.1. The van der Waals surface area contributed by atoms with Crippen molar-refractivity contribution in [1.29, 1.82) is 0 Å². The molecule has 1 aromatic heterocycles. The summed E-state index contributed by atoms with van der Waals surface area (Å²) in [6, 6.07) is 13.2. The van der Waals surface area contributed by atoms with Crippen LogP contribution in [0.3, 0.4) is 0 Å². The van der Waals surface area contributed by atoms with Gasteiger partial charge in [-0.2, -0.15) is 0 Å². The predicted molar refractivity (Wildman–Crippen MR) is 91.0 cm³/mol. The molecule has 3 nitrogen and oxygen atoms in total. The van der Waals surface area contributed by atoms with Crippen molar-refractivity contribution in [2.75, 3.05) is 0 Å². The van der Waals surface area contributed by atoms with Crippen molar-refractivity contribution in [2.24, 2.45) is 0 Å². The Balaban J connectivity index is 0.00000161. The number of benzene rings is 2. The molecule has 0 fully saturated rings. The molecule has 0 saturated carbocycles. The quantitative estimate of drug-likeness (QED) is 0.580. The van der Waals surface area contributed by atoms with Gasteiger partial charge in [0, 0.05) is 4.90 Å². The first-order valence-corrected chi connectivity index (χ1v) is 6.90. The van der Waals surface area contributed by atoms with Crippen LogP contribution in [-0.4, -0.2) is 39.1 Å². The van der Waals surface area contributed by atoms with Crippen LogP contribution in [0.25, 0.3) is 10.9 Å². The first-order chi connectivity index (χ1) is 9.66. The van der Waals surface area contributed by atoms with Gasteiger partial charge in [0.1, 0.15) is 0 Å². The van der Waals surface area contributed by atoms with Crippen molar-refractivity contribution >= 4 is 64.7 Å². The summed E-state index contributed by atoms with van der Waals surface area (Å²) in [5.41, 5.74) is 1.47. The van der Waals surface area contributed by atoms with Crippen LogP contribution in [0, 0.1) is 0 Å². The number of hydrogen-bond donors (Lipinski definition) is 1. The third-order valence-electron chi connectivity index (χ3n) is 3.11. The van der Waals surface area contributed by atoms with Crippen LogP contribution in [0.4, 0.5) is 0 Å². The molecular formula is C15H12ClN2NaOS. The normalized spacial score (nSPS) is 10.4. The number of rotatable bonds is 2. The second-order valence-corrected chi connectivity index (χ2v) is 5.32. The van der Waals surface area contributed by atoms with Crippen molar-refractivity contribution in [3.63, 3.8) is 0 Å². The molecule has 1 heterocycles. The molecule has 102 valence electrons. The van der Waals surface area contributed by atoms with Crippen LogP contribution in [0.2, 0.25) is 5.02 Å². The van der Waals surface area contributed by atoms with Gasteiger partial charge in [0.25, 0.3) is 5.56 Å². The summed E-state index contributed by atoms with van der Waals surface area (Å²) < 4.78 is 1.55. The first-order valence-electron chi connectivity index (χ1n) is 6.07. The topological polar surface area (TPSA) is 34.9 Å². The van der Waals surface area contributed by atoms with Gasteiger partial charge in [-0.25, -0.2) is 4.98 Å². The molecule has 3 rings (SSSR count). The van der Waals surface area contributed by atoms with E-state index in [4.69, 9.17) is 11.6 Å². The number of halogens is 1. The van der Waals surface area contributed by atoms with Gasteiger partial charge >= 0.3 is 29.6 Å². The fourth-order valence-electron chi connectivity index (χ4n) is 2.09. The number of hydrogen-bond acceptors (Lipinski definition) is 3. The van der Waals surface area contributed by atoms with E-state index < -0.39 is 0 Å². The molecule has 0 atom stereocenters. The van der Waals surface area contributed by atoms with Crippen molar-refractivity contribution in [1.82, 2.24) is 9.55 Å². The molecule has 3 aromatic rings. The van der Waals surface area contributed by atoms with E-state index in [1.165, 1.54) is 0 Å². The average molecular weight is 327 g/mol. The molecule has 0 aliphatic rings. The molecule has 0 bridgehead atoms. The van der Waals surface area contributed by atoms with Gasteiger partial charge in [0.2, 0.25) is 0 Å². The molecule has 0 aliphatic carbocycles. The van der Waals surface area contributed by atoms with Crippen LogP contribution in [0.5, 0.6) is 0 Å². The van der Waals surface area contributed by atoms with Crippen molar-refractivity contribution in [2.45, 2.75) is 11.4 Å². The van der Waals surface area contributed by atoms with E-state index in [9.17, 15) is 4.79 Å². The third-order valence-corrected chi connectivity index (χ3v) is 4.00. The standard InChI is InChI=1S/C15H11ClN2OS.Na.H/c16-14-12(20)7-6-11-13(14)15(19)18(9-17-11)8-10-4-2-1-3-5-10;;/h1-7,9,20H,8H2;;. The minimum absolute atomic E-state index is 0. The Hall–Kier alpha value is -0.780. The van der Waals surface area contributed by atoms with Crippen LogP contribution >= 0.6 is 24.2 Å². The van der Waals surface area contributed by atoms with Gasteiger partial charge in [-0.1, -0.05) is 41.9 Å². The Morgan fingerprint density at radius 1 is 1.14 bits per heavy atom. The molecule has 0 spiro atoms. The Labute approximate surface area is 154 Å². The molecule has 21 heavy (non-hydrogen) atoms. The van der Waals surface area contributed by atoms with Crippen LogP contribution < -0.4 is 5.56 Å². The first kappa shape index (κ1) is 16.6. The number of fused-ring (bicyclic) bond motifs is 1. The number of nitrogens with zero attached hydrogens (tertiary/aromatic N) is 2. The third kappa shape index (κ3) is 3.35. The summed E-state index contributed by atoms with van der Waals surface area (Å²) >= 11 is 10.4. The van der Waals surface area contributed by atoms with Gasteiger partial charge < -0.3 is 0 Å². The summed E-state index contributed by atoms with van der Waals surface area (Å²) in [6.45, 7) is 0.468. The van der Waals surface area contributed by atoms with Crippen molar-refractivity contribution < 1.29 is 0 Å². The Morgan fingerprint density at radius 3 is 2.57 bits per heavy atom. The molecule has 2 aromatic carbocycles. The summed E-state index contributed by atoms with van der Waals surface area (Å²) in [5.74, 6) is 0. The molecule has 0 unspecified atom stereocenters. The maximum absolute atomic E-state index is 12.5. The van der Waals surface area contributed by atoms with Gasteiger partial charge in [-0.3, -0.25) is 9.36 Å². The van der Waals surface area contributed by atoms with Crippen LogP contribution in [0.1, 0.15) is 5.56 Å². The molecule has 0 N–H and O–H groups in total. The fraction of sp³-hybridized carbons (Fsp3) is 0.0667. The summed E-state index contributed by atoms with van der Waals surface area (Å²) in [4.78, 5) is 17.4. The van der Waals surface area contributed by atoms with E-state index in [1.807, 2.05) is 30.3 Å². The monoisotopic (exact) mass is 326 g/mol. The molecular weight excluding hydrogens is 315 g/mol. The van der Waals surface area contributed by atoms with Gasteiger partial charge in [0.05, 0.1) is 28.8 Å². The van der Waals surface area contributed by atoms with E-state index in [0.29, 0.717) is 27.4 Å². The minimum atomic E-state index is -0.153. The van der Waals surface area contributed by atoms with Crippen LogP contribution in [-0.2, 0) is 6.54 Å². The zero-order valence-electron chi connectivity index (χ0n) is 10.5. The Bertz CT molecular complexity index is 836. The van der Waals surface area contributed by atoms with Crippen molar-refractivity contribution in [3.8, 4) is 0 Å². The second kappa shape index (κ2) is 6.99. The summed E-state index contributed by atoms with van der Waals surface area (Å²) in [6.07, 6.45) is 1.55. The van der Waals surface area contributed by atoms with E-state index in [1.54, 1.807) is 23.0 Å². The number of aromatic nitrogens is 2. The summed E-state index contributed by atoms with van der Waals surface area (Å²) in [7, 11) is 0. The average Bonchev–Trinajstić information content (AvgIpc) is 2.47. The summed E-state index contributed by atoms with van der Waals surface area (Å²) in [5, 5.41) is 0.767. The number of thiol groups is 1. The van der Waals surface area contributed by atoms with Gasteiger partial charge in [-0.05, 0) is 17.7 Å².